The predicted octanol–water partition coefficient (Wildman–Crippen LogP) is 6.47. The molecule has 0 amide bonds. The highest BCUT2D eigenvalue weighted by Gasteiger charge is 2.30. The number of hydrogen-bond donors (Lipinski definition) is 1. The molecular weight excluding hydrogens is 450 g/mol. The van der Waals surface area contributed by atoms with Crippen LogP contribution < -0.4 is 5.32 Å². The van der Waals surface area contributed by atoms with Crippen LogP contribution in [0.4, 0.5) is 28.9 Å². The Bertz CT molecular complexity index is 1350. The number of fused-ring (bicyclic) bond motifs is 1. The fraction of sp³-hybridized carbons (Fsp3) is 0.200. The molecule has 9 heteroatoms. The van der Waals surface area contributed by atoms with Crippen LogP contribution in [0.5, 0.6) is 0 Å². The molecule has 2 aromatic heterocycles. The van der Waals surface area contributed by atoms with E-state index in [-0.39, 0.29) is 24.5 Å². The molecule has 0 spiro atoms. The lowest BCUT2D eigenvalue weighted by Gasteiger charge is -2.14. The number of benzene rings is 2. The number of nitrogens with one attached hydrogen (secondary N) is 1. The van der Waals surface area contributed by atoms with Gasteiger partial charge in [-0.1, -0.05) is 18.2 Å². The van der Waals surface area contributed by atoms with Crippen molar-refractivity contribution in [1.82, 2.24) is 9.55 Å². The Morgan fingerprint density at radius 2 is 1.85 bits per heavy atom. The van der Waals surface area contributed by atoms with E-state index in [9.17, 15) is 22.4 Å². The van der Waals surface area contributed by atoms with Crippen molar-refractivity contribution in [3.05, 3.63) is 89.1 Å². The largest absolute Gasteiger partial charge is 0.461 e. The van der Waals surface area contributed by atoms with E-state index in [1.165, 1.54) is 30.6 Å². The molecule has 176 valence electrons. The second-order valence-electron chi connectivity index (χ2n) is 7.73. The minimum absolute atomic E-state index is 0.0882. The molecule has 2 aromatic carbocycles. The number of carbonyl (C=O) groups excluding carboxylic acids is 1. The third-order valence-corrected chi connectivity index (χ3v) is 5.34. The van der Waals surface area contributed by atoms with E-state index in [0.717, 1.165) is 17.7 Å². The lowest BCUT2D eigenvalue weighted by Crippen LogP contribution is -2.15. The lowest BCUT2D eigenvalue weighted by molar-refractivity contribution is -0.137. The molecule has 0 unspecified atom stereocenters. The molecule has 0 saturated heterocycles. The normalized spacial score (nSPS) is 11.6. The Morgan fingerprint density at radius 1 is 1.12 bits per heavy atom. The summed E-state index contributed by atoms with van der Waals surface area (Å²) in [4.78, 5) is 17.1. The fourth-order valence-corrected chi connectivity index (χ4v) is 3.74. The van der Waals surface area contributed by atoms with Gasteiger partial charge in [-0.25, -0.2) is 9.18 Å². The molecule has 0 radical (unpaired) electrons. The molecule has 2 heterocycles. The van der Waals surface area contributed by atoms with E-state index >= 15 is 0 Å². The number of aromatic nitrogens is 2. The molecule has 1 N–H and O–H groups in total. The molecule has 0 atom stereocenters. The summed E-state index contributed by atoms with van der Waals surface area (Å²) in [5.41, 5.74) is 1.68. The van der Waals surface area contributed by atoms with Gasteiger partial charge in [0.1, 0.15) is 5.82 Å². The van der Waals surface area contributed by atoms with Gasteiger partial charge in [-0.05, 0) is 55.3 Å². The first-order chi connectivity index (χ1) is 16.2. The summed E-state index contributed by atoms with van der Waals surface area (Å²) in [7, 11) is 0. The Balaban J connectivity index is 1.85. The summed E-state index contributed by atoms with van der Waals surface area (Å²) < 4.78 is 60.4. The number of rotatable bonds is 6. The van der Waals surface area contributed by atoms with Crippen LogP contribution in [-0.4, -0.2) is 22.1 Å². The van der Waals surface area contributed by atoms with Crippen LogP contribution in [0.1, 0.15) is 34.1 Å². The highest BCUT2D eigenvalue weighted by atomic mass is 19.4. The maximum atomic E-state index is 14.6. The van der Waals surface area contributed by atoms with Gasteiger partial charge in [0, 0.05) is 24.3 Å². The number of anilines is 2. The van der Waals surface area contributed by atoms with Gasteiger partial charge in [0.2, 0.25) is 0 Å². The SMILES string of the molecule is CCOC(=O)c1c(Nc2ccc(C)cc2F)c2cnccc2n1Cc1ccc(C(F)(F)F)cc1. The van der Waals surface area contributed by atoms with Crippen molar-refractivity contribution in [2.75, 3.05) is 11.9 Å². The number of halogens is 4. The van der Waals surface area contributed by atoms with Gasteiger partial charge in [0.05, 0.1) is 29.1 Å². The number of esters is 1. The standard InChI is InChI=1S/C25H21F4N3O2/c1-3-34-24(33)23-22(31-20-9-4-15(2)12-19(20)26)18-13-30-11-10-21(18)32(23)14-16-5-7-17(8-6-16)25(27,28)29/h4-13,31H,3,14H2,1-2H3. The van der Waals surface area contributed by atoms with E-state index < -0.39 is 23.5 Å². The third kappa shape index (κ3) is 4.59. The van der Waals surface area contributed by atoms with E-state index in [0.29, 0.717) is 22.2 Å². The quantitative estimate of drug-likeness (QED) is 0.259. The van der Waals surface area contributed by atoms with Crippen LogP contribution in [0.2, 0.25) is 0 Å². The van der Waals surface area contributed by atoms with Crippen molar-refractivity contribution >= 4 is 28.2 Å². The zero-order valence-corrected chi connectivity index (χ0v) is 18.4. The first-order valence-corrected chi connectivity index (χ1v) is 10.5. The van der Waals surface area contributed by atoms with Crippen LogP contribution in [0.25, 0.3) is 10.9 Å². The molecule has 0 bridgehead atoms. The Morgan fingerprint density at radius 3 is 2.50 bits per heavy atom. The number of carbonyl (C=O) groups is 1. The highest BCUT2D eigenvalue weighted by molar-refractivity contribution is 6.07. The molecule has 5 nitrogen and oxygen atoms in total. The smallest absolute Gasteiger partial charge is 0.416 e. The zero-order valence-electron chi connectivity index (χ0n) is 18.4. The van der Waals surface area contributed by atoms with Gasteiger partial charge in [-0.2, -0.15) is 13.2 Å². The minimum Gasteiger partial charge on any atom is -0.461 e. The Kier molecular flexibility index (Phi) is 6.28. The van der Waals surface area contributed by atoms with Crippen LogP contribution in [-0.2, 0) is 17.5 Å². The molecule has 0 aliphatic heterocycles. The van der Waals surface area contributed by atoms with Crippen molar-refractivity contribution in [2.45, 2.75) is 26.6 Å². The average Bonchev–Trinajstić information content (AvgIpc) is 3.09. The highest BCUT2D eigenvalue weighted by Crippen LogP contribution is 2.35. The Labute approximate surface area is 193 Å². The van der Waals surface area contributed by atoms with Crippen molar-refractivity contribution in [1.29, 1.82) is 0 Å². The van der Waals surface area contributed by atoms with Crippen molar-refractivity contribution in [2.24, 2.45) is 0 Å². The number of nitrogens with zero attached hydrogens (tertiary/aromatic N) is 2. The summed E-state index contributed by atoms with van der Waals surface area (Å²) in [5, 5.41) is 3.54. The molecule has 0 fully saturated rings. The summed E-state index contributed by atoms with van der Waals surface area (Å²) >= 11 is 0. The van der Waals surface area contributed by atoms with Crippen LogP contribution >= 0.6 is 0 Å². The van der Waals surface area contributed by atoms with E-state index in [1.54, 1.807) is 36.6 Å². The van der Waals surface area contributed by atoms with Gasteiger partial charge >= 0.3 is 12.1 Å². The summed E-state index contributed by atoms with van der Waals surface area (Å²) in [5.74, 6) is -1.15. The Hall–Kier alpha value is -3.88. The van der Waals surface area contributed by atoms with E-state index in [1.807, 2.05) is 0 Å². The molecule has 0 aliphatic carbocycles. The maximum Gasteiger partial charge on any atom is 0.416 e. The van der Waals surface area contributed by atoms with Gasteiger partial charge in [0.25, 0.3) is 0 Å². The first-order valence-electron chi connectivity index (χ1n) is 10.5. The van der Waals surface area contributed by atoms with Gasteiger partial charge < -0.3 is 14.6 Å². The molecule has 0 aliphatic rings. The second kappa shape index (κ2) is 9.17. The average molecular weight is 471 g/mol. The fourth-order valence-electron chi connectivity index (χ4n) is 3.74. The van der Waals surface area contributed by atoms with E-state index in [4.69, 9.17) is 4.74 Å². The minimum atomic E-state index is -4.45. The van der Waals surface area contributed by atoms with Crippen molar-refractivity contribution < 1.29 is 27.1 Å². The van der Waals surface area contributed by atoms with Crippen LogP contribution in [0.15, 0.2) is 60.9 Å². The molecule has 34 heavy (non-hydrogen) atoms. The van der Waals surface area contributed by atoms with Gasteiger partial charge in [-0.15, -0.1) is 0 Å². The molecule has 4 aromatic rings. The number of ether oxygens (including phenoxy) is 1. The van der Waals surface area contributed by atoms with E-state index in [2.05, 4.69) is 10.3 Å². The first kappa shape index (κ1) is 23.3. The third-order valence-electron chi connectivity index (χ3n) is 5.34. The lowest BCUT2D eigenvalue weighted by atomic mass is 10.1. The van der Waals surface area contributed by atoms with Crippen molar-refractivity contribution in [3.63, 3.8) is 0 Å². The number of aryl methyl sites for hydroxylation is 1. The zero-order chi connectivity index (χ0) is 24.5. The number of hydrogen-bond acceptors (Lipinski definition) is 4. The van der Waals surface area contributed by atoms with Gasteiger partial charge in [0.15, 0.2) is 5.69 Å². The molecular formula is C25H21F4N3O2. The summed E-state index contributed by atoms with van der Waals surface area (Å²) in [6.45, 7) is 3.62. The van der Waals surface area contributed by atoms with Gasteiger partial charge in [-0.3, -0.25) is 4.98 Å². The molecule has 0 saturated carbocycles. The van der Waals surface area contributed by atoms with Crippen molar-refractivity contribution in [3.8, 4) is 0 Å². The number of alkyl halides is 3. The predicted molar refractivity (Wildman–Crippen MR) is 121 cm³/mol. The van der Waals surface area contributed by atoms with Crippen LogP contribution in [0.3, 0.4) is 0 Å². The summed E-state index contributed by atoms with van der Waals surface area (Å²) in [6.07, 6.45) is -1.37. The monoisotopic (exact) mass is 471 g/mol. The molecule has 4 rings (SSSR count). The maximum absolute atomic E-state index is 14.6. The number of pyridine rings is 1. The topological polar surface area (TPSA) is 56.1 Å². The second-order valence-corrected chi connectivity index (χ2v) is 7.73. The summed E-state index contributed by atoms with van der Waals surface area (Å²) in [6, 6.07) is 11.0. The van der Waals surface area contributed by atoms with Crippen LogP contribution in [0, 0.1) is 12.7 Å².